The first-order valence-corrected chi connectivity index (χ1v) is 6.21. The van der Waals surface area contributed by atoms with Crippen LogP contribution in [0.3, 0.4) is 0 Å². The van der Waals surface area contributed by atoms with Gasteiger partial charge in [-0.15, -0.1) is 0 Å². The lowest BCUT2D eigenvalue weighted by molar-refractivity contribution is -0.129. The second kappa shape index (κ2) is 2.52. The molecule has 0 nitrogen and oxygen atoms in total. The first-order valence-electron chi connectivity index (χ1n) is 6.21. The maximum absolute atomic E-state index is 2.49. The fourth-order valence-electron chi connectivity index (χ4n) is 4.72. The molecule has 0 aliphatic heterocycles. The van der Waals surface area contributed by atoms with Gasteiger partial charge in [-0.05, 0) is 67.6 Å². The molecule has 3 unspecified atom stereocenters. The van der Waals surface area contributed by atoms with Crippen molar-refractivity contribution >= 4 is 0 Å². The molecular formula is C13H22. The van der Waals surface area contributed by atoms with Crippen molar-refractivity contribution in [2.24, 2.45) is 29.1 Å². The summed E-state index contributed by atoms with van der Waals surface area (Å²) in [5.41, 5.74) is 0.870. The average molecular weight is 178 g/mol. The van der Waals surface area contributed by atoms with E-state index in [0.717, 1.165) is 29.1 Å². The van der Waals surface area contributed by atoms with Gasteiger partial charge in [-0.3, -0.25) is 0 Å². The lowest BCUT2D eigenvalue weighted by Gasteiger charge is -2.63. The Labute approximate surface area is 82.1 Å². The monoisotopic (exact) mass is 178 g/mol. The van der Waals surface area contributed by atoms with Crippen LogP contribution in [-0.4, -0.2) is 0 Å². The number of hydrogen-bond acceptors (Lipinski definition) is 0. The maximum atomic E-state index is 2.49. The predicted molar refractivity (Wildman–Crippen MR) is 55.4 cm³/mol. The van der Waals surface area contributed by atoms with E-state index in [1.165, 1.54) is 6.42 Å². The molecule has 3 saturated carbocycles. The Kier molecular flexibility index (Phi) is 1.61. The first-order chi connectivity index (χ1) is 6.21. The van der Waals surface area contributed by atoms with Gasteiger partial charge in [0.05, 0.1) is 0 Å². The SMILES string of the molecule is CC1CC2(CCC(C)C3CCC32)C1. The Bertz CT molecular complexity index is 212. The summed E-state index contributed by atoms with van der Waals surface area (Å²) in [6.45, 7) is 4.93. The van der Waals surface area contributed by atoms with E-state index in [9.17, 15) is 0 Å². The standard InChI is InChI=1S/C13H22/c1-9-7-13(8-9)6-5-10(2)11-3-4-12(11)13/h9-12H,3-8H2,1-2H3. The van der Waals surface area contributed by atoms with E-state index >= 15 is 0 Å². The molecule has 0 radical (unpaired) electrons. The van der Waals surface area contributed by atoms with Crippen LogP contribution >= 0.6 is 0 Å². The van der Waals surface area contributed by atoms with E-state index in [0.29, 0.717) is 0 Å². The molecule has 0 heteroatoms. The second-order valence-corrected chi connectivity index (χ2v) is 6.24. The smallest absolute Gasteiger partial charge is 0.0261 e. The third-order valence-electron chi connectivity index (χ3n) is 5.45. The average Bonchev–Trinajstić information content (AvgIpc) is 1.93. The van der Waals surface area contributed by atoms with E-state index in [1.807, 2.05) is 0 Å². The Morgan fingerprint density at radius 3 is 2.31 bits per heavy atom. The van der Waals surface area contributed by atoms with Crippen LogP contribution in [0.1, 0.15) is 52.4 Å². The minimum atomic E-state index is 0.870. The molecule has 3 fully saturated rings. The van der Waals surface area contributed by atoms with Crippen LogP contribution in [0.5, 0.6) is 0 Å². The van der Waals surface area contributed by atoms with Gasteiger partial charge in [-0.2, -0.15) is 0 Å². The zero-order valence-electron chi connectivity index (χ0n) is 9.05. The number of rotatable bonds is 0. The van der Waals surface area contributed by atoms with Crippen LogP contribution < -0.4 is 0 Å². The predicted octanol–water partition coefficient (Wildman–Crippen LogP) is 3.86. The third-order valence-corrected chi connectivity index (χ3v) is 5.45. The molecule has 0 N–H and O–H groups in total. The molecule has 3 aliphatic carbocycles. The largest absolute Gasteiger partial charge is 0.0625 e. The van der Waals surface area contributed by atoms with Crippen LogP contribution in [0.15, 0.2) is 0 Å². The van der Waals surface area contributed by atoms with Gasteiger partial charge in [0.1, 0.15) is 0 Å². The van der Waals surface area contributed by atoms with Crippen molar-refractivity contribution in [2.75, 3.05) is 0 Å². The summed E-state index contributed by atoms with van der Waals surface area (Å²) < 4.78 is 0. The number of hydrogen-bond donors (Lipinski definition) is 0. The fourth-order valence-corrected chi connectivity index (χ4v) is 4.72. The van der Waals surface area contributed by atoms with Crippen molar-refractivity contribution in [1.82, 2.24) is 0 Å². The lowest BCUT2D eigenvalue weighted by Crippen LogP contribution is -2.53. The van der Waals surface area contributed by atoms with Gasteiger partial charge >= 0.3 is 0 Å². The van der Waals surface area contributed by atoms with Crippen LogP contribution in [0.2, 0.25) is 0 Å². The summed E-state index contributed by atoms with van der Waals surface area (Å²) in [6.07, 6.45) is 9.37. The summed E-state index contributed by atoms with van der Waals surface area (Å²) in [6, 6.07) is 0. The van der Waals surface area contributed by atoms with Crippen molar-refractivity contribution < 1.29 is 0 Å². The molecule has 0 aromatic rings. The highest BCUT2D eigenvalue weighted by atomic mass is 14.6. The third kappa shape index (κ3) is 0.980. The highest BCUT2D eigenvalue weighted by Gasteiger charge is 2.56. The van der Waals surface area contributed by atoms with Gasteiger partial charge in [0.25, 0.3) is 0 Å². The second-order valence-electron chi connectivity index (χ2n) is 6.24. The summed E-state index contributed by atoms with van der Waals surface area (Å²) in [5.74, 6) is 4.41. The Balaban J connectivity index is 1.77. The maximum Gasteiger partial charge on any atom is -0.0261 e. The molecule has 13 heavy (non-hydrogen) atoms. The first kappa shape index (κ1) is 8.32. The molecule has 1 spiro atoms. The summed E-state index contributed by atoms with van der Waals surface area (Å²) >= 11 is 0. The van der Waals surface area contributed by atoms with Crippen LogP contribution in [0, 0.1) is 29.1 Å². The molecule has 0 heterocycles. The number of fused-ring (bicyclic) bond motifs is 2. The molecule has 0 bridgehead atoms. The van der Waals surface area contributed by atoms with Gasteiger partial charge in [0.15, 0.2) is 0 Å². The Hall–Kier alpha value is 0. The summed E-state index contributed by atoms with van der Waals surface area (Å²) in [5, 5.41) is 0. The summed E-state index contributed by atoms with van der Waals surface area (Å²) in [4.78, 5) is 0. The van der Waals surface area contributed by atoms with Crippen molar-refractivity contribution in [3.63, 3.8) is 0 Å². The van der Waals surface area contributed by atoms with Gasteiger partial charge in [-0.1, -0.05) is 13.8 Å². The van der Waals surface area contributed by atoms with E-state index in [-0.39, 0.29) is 0 Å². The van der Waals surface area contributed by atoms with E-state index in [2.05, 4.69) is 13.8 Å². The highest BCUT2D eigenvalue weighted by molar-refractivity contribution is 5.06. The molecule has 0 amide bonds. The van der Waals surface area contributed by atoms with Gasteiger partial charge in [-0.25, -0.2) is 0 Å². The van der Waals surface area contributed by atoms with Gasteiger partial charge in [0, 0.05) is 0 Å². The van der Waals surface area contributed by atoms with Crippen LogP contribution in [-0.2, 0) is 0 Å². The molecule has 74 valence electrons. The molecule has 3 rings (SSSR count). The van der Waals surface area contributed by atoms with E-state index in [1.54, 1.807) is 32.1 Å². The Morgan fingerprint density at radius 1 is 1.00 bits per heavy atom. The van der Waals surface area contributed by atoms with Crippen molar-refractivity contribution in [2.45, 2.75) is 52.4 Å². The summed E-state index contributed by atoms with van der Waals surface area (Å²) in [7, 11) is 0. The minimum Gasteiger partial charge on any atom is -0.0625 e. The van der Waals surface area contributed by atoms with Gasteiger partial charge in [0.2, 0.25) is 0 Å². The Morgan fingerprint density at radius 2 is 1.77 bits per heavy atom. The topological polar surface area (TPSA) is 0 Å². The lowest BCUT2D eigenvalue weighted by atomic mass is 9.42. The zero-order chi connectivity index (χ0) is 9.05. The van der Waals surface area contributed by atoms with Crippen LogP contribution in [0.25, 0.3) is 0 Å². The minimum absolute atomic E-state index is 0.870. The molecular weight excluding hydrogens is 156 g/mol. The highest BCUT2D eigenvalue weighted by Crippen LogP contribution is 2.65. The van der Waals surface area contributed by atoms with Crippen LogP contribution in [0.4, 0.5) is 0 Å². The fraction of sp³-hybridized carbons (Fsp3) is 1.00. The van der Waals surface area contributed by atoms with Gasteiger partial charge < -0.3 is 0 Å². The molecule has 3 aliphatic rings. The molecule has 0 aromatic carbocycles. The molecule has 0 saturated heterocycles. The van der Waals surface area contributed by atoms with E-state index < -0.39 is 0 Å². The van der Waals surface area contributed by atoms with Crippen molar-refractivity contribution in [3.05, 3.63) is 0 Å². The normalized spacial score (nSPS) is 59.5. The molecule has 0 aromatic heterocycles. The van der Waals surface area contributed by atoms with Crippen molar-refractivity contribution in [1.29, 1.82) is 0 Å². The van der Waals surface area contributed by atoms with Crippen molar-refractivity contribution in [3.8, 4) is 0 Å². The van der Waals surface area contributed by atoms with E-state index in [4.69, 9.17) is 0 Å². The zero-order valence-corrected chi connectivity index (χ0v) is 9.05. The molecule has 3 atom stereocenters. The quantitative estimate of drug-likeness (QED) is 0.528.